The van der Waals surface area contributed by atoms with Crippen molar-refractivity contribution in [3.63, 3.8) is 0 Å². The highest BCUT2D eigenvalue weighted by Crippen LogP contribution is 2.16. The molecule has 3 rings (SSSR count). The Bertz CT molecular complexity index is 955. The molecule has 0 bridgehead atoms. The zero-order valence-corrected chi connectivity index (χ0v) is 14.9. The summed E-state index contributed by atoms with van der Waals surface area (Å²) in [4.78, 5) is 27.0. The first-order valence-electron chi connectivity index (χ1n) is 8.35. The predicted octanol–water partition coefficient (Wildman–Crippen LogP) is 2.68. The van der Waals surface area contributed by atoms with Gasteiger partial charge in [0.1, 0.15) is 11.6 Å². The fourth-order valence-electron chi connectivity index (χ4n) is 2.25. The quantitative estimate of drug-likeness (QED) is 0.649. The molecule has 0 fully saturated rings. The van der Waals surface area contributed by atoms with Gasteiger partial charge in [-0.2, -0.15) is 4.98 Å². The lowest BCUT2D eigenvalue weighted by Crippen LogP contribution is -2.23. The molecule has 0 radical (unpaired) electrons. The van der Waals surface area contributed by atoms with Gasteiger partial charge in [0, 0.05) is 19.2 Å². The molecule has 28 heavy (non-hydrogen) atoms. The van der Waals surface area contributed by atoms with Crippen molar-refractivity contribution in [2.75, 3.05) is 5.32 Å². The number of ether oxygens (including phenoxy) is 1. The second kappa shape index (κ2) is 8.76. The first-order valence-corrected chi connectivity index (χ1v) is 8.35. The molecule has 0 aliphatic carbocycles. The molecule has 9 heteroatoms. The zero-order chi connectivity index (χ0) is 19.9. The van der Waals surface area contributed by atoms with E-state index in [9.17, 15) is 14.0 Å². The van der Waals surface area contributed by atoms with Crippen LogP contribution >= 0.6 is 0 Å². The molecule has 0 aliphatic heterocycles. The molecule has 144 valence electrons. The number of hydrogen-bond donors (Lipinski definition) is 2. The monoisotopic (exact) mass is 384 g/mol. The number of anilines is 1. The van der Waals surface area contributed by atoms with Crippen molar-refractivity contribution in [2.45, 2.75) is 20.1 Å². The molecule has 8 nitrogen and oxygen atoms in total. The Morgan fingerprint density at radius 1 is 1.11 bits per heavy atom. The van der Waals surface area contributed by atoms with Crippen LogP contribution in [0, 0.1) is 5.82 Å². The minimum absolute atomic E-state index is 0.00816. The minimum Gasteiger partial charge on any atom is -0.485 e. The Balaban J connectivity index is 1.49. The van der Waals surface area contributed by atoms with Crippen LogP contribution in [0.25, 0.3) is 0 Å². The molecule has 0 saturated heterocycles. The molecule has 0 atom stereocenters. The lowest BCUT2D eigenvalue weighted by molar-refractivity contribution is -0.114. The fourth-order valence-corrected chi connectivity index (χ4v) is 2.25. The molecule has 2 N–H and O–H groups in total. The van der Waals surface area contributed by atoms with Gasteiger partial charge in [-0.1, -0.05) is 17.3 Å². The van der Waals surface area contributed by atoms with Crippen LogP contribution in [0.15, 0.2) is 53.1 Å². The van der Waals surface area contributed by atoms with Gasteiger partial charge in [0.05, 0.1) is 0 Å². The van der Waals surface area contributed by atoms with Gasteiger partial charge in [-0.25, -0.2) is 4.39 Å². The first kappa shape index (κ1) is 19.0. The van der Waals surface area contributed by atoms with Gasteiger partial charge in [-0.15, -0.1) is 0 Å². The number of amides is 2. The summed E-state index contributed by atoms with van der Waals surface area (Å²) in [5, 5.41) is 8.96. The molecule has 2 aromatic carbocycles. The van der Waals surface area contributed by atoms with Crippen LogP contribution in [-0.2, 0) is 17.9 Å². The lowest BCUT2D eigenvalue weighted by Gasteiger charge is -2.05. The summed E-state index contributed by atoms with van der Waals surface area (Å²) < 4.78 is 23.3. The van der Waals surface area contributed by atoms with Crippen molar-refractivity contribution in [3.8, 4) is 5.75 Å². The summed E-state index contributed by atoms with van der Waals surface area (Å²) in [6, 6.07) is 12.5. The van der Waals surface area contributed by atoms with Crippen molar-refractivity contribution in [1.29, 1.82) is 0 Å². The molecule has 0 aliphatic rings. The number of nitrogens with one attached hydrogen (secondary N) is 2. The maximum atomic E-state index is 12.9. The van der Waals surface area contributed by atoms with E-state index in [0.29, 0.717) is 11.4 Å². The first-order chi connectivity index (χ1) is 13.5. The van der Waals surface area contributed by atoms with Gasteiger partial charge in [0.25, 0.3) is 0 Å². The molecule has 0 spiro atoms. The van der Waals surface area contributed by atoms with Crippen LogP contribution in [0.2, 0.25) is 0 Å². The molecule has 1 heterocycles. The number of carbonyl (C=O) groups is 2. The highest BCUT2D eigenvalue weighted by molar-refractivity contribution is 5.89. The zero-order valence-electron chi connectivity index (χ0n) is 14.9. The van der Waals surface area contributed by atoms with Gasteiger partial charge >= 0.3 is 11.8 Å². The van der Waals surface area contributed by atoms with Gasteiger partial charge in [-0.3, -0.25) is 9.59 Å². The third-order valence-corrected chi connectivity index (χ3v) is 3.57. The largest absolute Gasteiger partial charge is 0.485 e. The van der Waals surface area contributed by atoms with E-state index in [1.165, 1.54) is 19.1 Å². The number of benzene rings is 2. The summed E-state index contributed by atoms with van der Waals surface area (Å²) in [6.45, 7) is 1.64. The Labute approximate surface area is 159 Å². The van der Waals surface area contributed by atoms with Crippen LogP contribution in [0.1, 0.15) is 29.0 Å². The number of halogens is 1. The number of hydrogen-bond acceptors (Lipinski definition) is 6. The average Bonchev–Trinajstić information content (AvgIpc) is 3.15. The maximum Gasteiger partial charge on any atom is 0.316 e. The van der Waals surface area contributed by atoms with Crippen molar-refractivity contribution in [1.82, 2.24) is 15.5 Å². The SMILES string of the molecule is CC(=O)Nc1ccc(OCc2noc(C(=O)NCc3ccc(F)cc3)n2)cc1. The lowest BCUT2D eigenvalue weighted by atomic mass is 10.2. The molecule has 0 unspecified atom stereocenters. The maximum absolute atomic E-state index is 12.9. The summed E-state index contributed by atoms with van der Waals surface area (Å²) in [5.41, 5.74) is 1.39. The average molecular weight is 384 g/mol. The highest BCUT2D eigenvalue weighted by Gasteiger charge is 2.15. The summed E-state index contributed by atoms with van der Waals surface area (Å²) in [5.74, 6) is -0.490. The molecule has 0 saturated carbocycles. The van der Waals surface area contributed by atoms with E-state index >= 15 is 0 Å². The van der Waals surface area contributed by atoms with E-state index in [2.05, 4.69) is 20.8 Å². The van der Waals surface area contributed by atoms with Crippen molar-refractivity contribution < 1.29 is 23.2 Å². The summed E-state index contributed by atoms with van der Waals surface area (Å²) >= 11 is 0. The van der Waals surface area contributed by atoms with E-state index in [1.54, 1.807) is 36.4 Å². The molecule has 2 amide bonds. The van der Waals surface area contributed by atoms with E-state index < -0.39 is 5.91 Å². The van der Waals surface area contributed by atoms with Crippen LogP contribution < -0.4 is 15.4 Å². The molecular formula is C19H17FN4O4. The third kappa shape index (κ3) is 5.37. The number of aromatic nitrogens is 2. The molecular weight excluding hydrogens is 367 g/mol. The third-order valence-electron chi connectivity index (χ3n) is 3.57. The van der Waals surface area contributed by atoms with Crippen LogP contribution in [0.4, 0.5) is 10.1 Å². The second-order valence-corrected chi connectivity index (χ2v) is 5.82. The minimum atomic E-state index is -0.539. The Morgan fingerprint density at radius 3 is 2.50 bits per heavy atom. The van der Waals surface area contributed by atoms with Crippen LogP contribution in [-0.4, -0.2) is 22.0 Å². The Morgan fingerprint density at radius 2 is 1.82 bits per heavy atom. The molecule has 1 aromatic heterocycles. The number of rotatable bonds is 7. The van der Waals surface area contributed by atoms with Gasteiger partial charge in [-0.05, 0) is 42.0 Å². The second-order valence-electron chi connectivity index (χ2n) is 5.82. The van der Waals surface area contributed by atoms with E-state index in [0.717, 1.165) is 5.56 Å². The van der Waals surface area contributed by atoms with E-state index in [1.807, 2.05) is 0 Å². The molecule has 3 aromatic rings. The normalized spacial score (nSPS) is 10.4. The number of carbonyl (C=O) groups excluding carboxylic acids is 2. The van der Waals surface area contributed by atoms with Crippen molar-refractivity contribution in [2.24, 2.45) is 0 Å². The Hall–Kier alpha value is -3.75. The van der Waals surface area contributed by atoms with Crippen molar-refractivity contribution in [3.05, 3.63) is 71.6 Å². The Kier molecular flexibility index (Phi) is 5.95. The summed E-state index contributed by atoms with van der Waals surface area (Å²) in [6.07, 6.45) is 0. The van der Waals surface area contributed by atoms with Crippen LogP contribution in [0.3, 0.4) is 0 Å². The highest BCUT2D eigenvalue weighted by atomic mass is 19.1. The van der Waals surface area contributed by atoms with E-state index in [-0.39, 0.29) is 36.6 Å². The smallest absolute Gasteiger partial charge is 0.316 e. The predicted molar refractivity (Wildman–Crippen MR) is 96.9 cm³/mol. The summed E-state index contributed by atoms with van der Waals surface area (Å²) in [7, 11) is 0. The van der Waals surface area contributed by atoms with Gasteiger partial charge < -0.3 is 19.9 Å². The topological polar surface area (TPSA) is 106 Å². The van der Waals surface area contributed by atoms with Gasteiger partial charge in [0.2, 0.25) is 11.7 Å². The standard InChI is InChI=1S/C19H17FN4O4/c1-12(25)22-15-6-8-16(9-7-15)27-11-17-23-19(28-24-17)18(26)21-10-13-2-4-14(20)5-3-13/h2-9H,10-11H2,1H3,(H,21,26)(H,22,25). The van der Waals surface area contributed by atoms with Crippen molar-refractivity contribution >= 4 is 17.5 Å². The van der Waals surface area contributed by atoms with E-state index in [4.69, 9.17) is 9.26 Å². The fraction of sp³-hybridized carbons (Fsp3) is 0.158. The van der Waals surface area contributed by atoms with Gasteiger partial charge in [0.15, 0.2) is 6.61 Å². The van der Waals surface area contributed by atoms with Crippen LogP contribution in [0.5, 0.6) is 5.75 Å². The number of nitrogens with zero attached hydrogens (tertiary/aromatic N) is 2.